The highest BCUT2D eigenvalue weighted by Gasteiger charge is 2.41. The van der Waals surface area contributed by atoms with E-state index in [0.717, 1.165) is 29.5 Å². The quantitative estimate of drug-likeness (QED) is 0.747. The largest absolute Gasteiger partial charge is 0.383 e. The molecule has 2 aliphatic rings. The molecule has 9 heteroatoms. The highest BCUT2D eigenvalue weighted by atomic mass is 35.5. The summed E-state index contributed by atoms with van der Waals surface area (Å²) in [4.78, 5) is 30.7. The van der Waals surface area contributed by atoms with Gasteiger partial charge in [-0.3, -0.25) is 9.59 Å². The lowest BCUT2D eigenvalue weighted by Crippen LogP contribution is -2.31. The van der Waals surface area contributed by atoms with Crippen molar-refractivity contribution in [2.24, 2.45) is 0 Å². The molecule has 1 saturated carbocycles. The van der Waals surface area contributed by atoms with Crippen molar-refractivity contribution in [3.8, 4) is 12.1 Å². The van der Waals surface area contributed by atoms with Gasteiger partial charge in [-0.15, -0.1) is 0 Å². The van der Waals surface area contributed by atoms with Crippen LogP contribution in [0.3, 0.4) is 0 Å². The zero-order valence-corrected chi connectivity index (χ0v) is 16.6. The summed E-state index contributed by atoms with van der Waals surface area (Å²) in [5, 5.41) is 19.2. The molecule has 144 valence electrons. The lowest BCUT2D eigenvalue weighted by atomic mass is 10.0. The van der Waals surface area contributed by atoms with Gasteiger partial charge in [0, 0.05) is 11.4 Å². The van der Waals surface area contributed by atoms with Crippen LogP contribution in [0.1, 0.15) is 41.9 Å². The fourth-order valence-electron chi connectivity index (χ4n) is 3.38. The summed E-state index contributed by atoms with van der Waals surface area (Å²) in [6, 6.07) is 10.6. The Hall–Kier alpha value is -3.07. The van der Waals surface area contributed by atoms with E-state index in [2.05, 4.69) is 11.1 Å². The third kappa shape index (κ3) is 3.42. The number of pyridine rings is 1. The van der Waals surface area contributed by atoms with Crippen LogP contribution in [-0.4, -0.2) is 22.0 Å². The number of nitrogens with two attached hydrogens (primary N) is 1. The Morgan fingerprint density at radius 3 is 2.38 bits per heavy atom. The molecule has 0 unspecified atom stereocenters. The number of nitrogen functional groups attached to an aromatic ring is 1. The van der Waals surface area contributed by atoms with Crippen LogP contribution in [0.5, 0.6) is 0 Å². The van der Waals surface area contributed by atoms with Crippen molar-refractivity contribution >= 4 is 46.7 Å². The summed E-state index contributed by atoms with van der Waals surface area (Å²) in [7, 11) is 0. The van der Waals surface area contributed by atoms with Gasteiger partial charge >= 0.3 is 0 Å². The van der Waals surface area contributed by atoms with Crippen LogP contribution >= 0.6 is 23.4 Å². The van der Waals surface area contributed by atoms with Crippen LogP contribution in [0, 0.1) is 22.7 Å². The molecule has 1 aliphatic carbocycles. The molecule has 4 rings (SSSR count). The van der Waals surface area contributed by atoms with Crippen molar-refractivity contribution in [1.29, 1.82) is 10.5 Å². The first-order chi connectivity index (χ1) is 13.9. The molecule has 1 atom stereocenters. The molecule has 0 radical (unpaired) electrons. The minimum Gasteiger partial charge on any atom is -0.383 e. The molecular weight excluding hydrogens is 410 g/mol. The van der Waals surface area contributed by atoms with E-state index < -0.39 is 5.25 Å². The van der Waals surface area contributed by atoms with E-state index in [1.165, 1.54) is 0 Å². The Labute approximate surface area is 176 Å². The van der Waals surface area contributed by atoms with E-state index in [-0.39, 0.29) is 46.1 Å². The van der Waals surface area contributed by atoms with Gasteiger partial charge in [-0.2, -0.15) is 10.5 Å². The van der Waals surface area contributed by atoms with E-state index in [4.69, 9.17) is 17.3 Å². The third-order valence-corrected chi connectivity index (χ3v) is 6.31. The second-order valence-corrected chi connectivity index (χ2v) is 8.45. The van der Waals surface area contributed by atoms with Crippen LogP contribution in [0.25, 0.3) is 0 Å². The number of aromatic nitrogens is 1. The highest BCUT2D eigenvalue weighted by molar-refractivity contribution is 8.00. The number of hydrogen-bond donors (Lipinski definition) is 1. The zero-order chi connectivity index (χ0) is 20.7. The van der Waals surface area contributed by atoms with Crippen molar-refractivity contribution < 1.29 is 9.59 Å². The van der Waals surface area contributed by atoms with Gasteiger partial charge in [0.15, 0.2) is 0 Å². The van der Waals surface area contributed by atoms with Crippen molar-refractivity contribution in [3.05, 3.63) is 46.0 Å². The summed E-state index contributed by atoms with van der Waals surface area (Å²) in [6.45, 7) is 0. The fourth-order valence-corrected chi connectivity index (χ4v) is 4.63. The topological polar surface area (TPSA) is 124 Å². The number of carbonyl (C=O) groups is 2. The molecule has 2 fully saturated rings. The van der Waals surface area contributed by atoms with Gasteiger partial charge in [-0.25, -0.2) is 9.88 Å². The molecule has 2 aromatic rings. The van der Waals surface area contributed by atoms with Gasteiger partial charge in [0.25, 0.3) is 0 Å². The van der Waals surface area contributed by atoms with Crippen molar-refractivity contribution in [3.63, 3.8) is 0 Å². The predicted molar refractivity (Wildman–Crippen MR) is 108 cm³/mol. The maximum Gasteiger partial charge on any atom is 0.247 e. The van der Waals surface area contributed by atoms with Crippen molar-refractivity contribution in [1.82, 2.24) is 4.98 Å². The number of nitrogens with zero attached hydrogens (tertiary/aromatic N) is 4. The number of benzene rings is 1. The first-order valence-corrected chi connectivity index (χ1v) is 10.1. The molecule has 2 N–H and O–H groups in total. The summed E-state index contributed by atoms with van der Waals surface area (Å²) in [6.07, 6.45) is 1.74. The van der Waals surface area contributed by atoms with Crippen LogP contribution in [0.15, 0.2) is 29.3 Å². The normalized spacial score (nSPS) is 18.6. The maximum absolute atomic E-state index is 12.9. The van der Waals surface area contributed by atoms with E-state index in [9.17, 15) is 20.1 Å². The number of thioether (sulfide) groups is 1. The zero-order valence-electron chi connectivity index (χ0n) is 15.1. The molecule has 7 nitrogen and oxygen atoms in total. The number of amides is 2. The van der Waals surface area contributed by atoms with Gasteiger partial charge in [-0.1, -0.05) is 23.4 Å². The first kappa shape index (κ1) is 19.3. The lowest BCUT2D eigenvalue weighted by Gasteiger charge is -2.16. The number of anilines is 2. The van der Waals surface area contributed by atoms with Gasteiger partial charge in [0.1, 0.15) is 23.0 Å². The molecule has 0 bridgehead atoms. The van der Waals surface area contributed by atoms with Crippen LogP contribution in [-0.2, 0) is 9.59 Å². The summed E-state index contributed by atoms with van der Waals surface area (Å²) < 4.78 is 0. The predicted octanol–water partition coefficient (Wildman–Crippen LogP) is 3.36. The molecule has 1 aromatic heterocycles. The Balaban J connectivity index is 1.67. The number of halogens is 1. The van der Waals surface area contributed by atoms with Gasteiger partial charge in [0.05, 0.1) is 22.1 Å². The molecule has 1 aliphatic heterocycles. The SMILES string of the molecule is N#Cc1c(N)nc(S[C@H]2CC(=O)N(c3ccc(Cl)cc3)C2=O)c(C#N)c1C1CC1. The van der Waals surface area contributed by atoms with Crippen LogP contribution in [0.2, 0.25) is 5.02 Å². The second-order valence-electron chi connectivity index (χ2n) is 6.82. The molecule has 1 saturated heterocycles. The average molecular weight is 424 g/mol. The number of imide groups is 1. The Kier molecular flexibility index (Phi) is 4.91. The summed E-state index contributed by atoms with van der Waals surface area (Å²) >= 11 is 6.93. The Morgan fingerprint density at radius 2 is 1.79 bits per heavy atom. The number of nitriles is 2. The number of carbonyl (C=O) groups excluding carboxylic acids is 2. The summed E-state index contributed by atoms with van der Waals surface area (Å²) in [5.41, 5.74) is 7.51. The molecular formula is C20H14ClN5O2S. The number of rotatable bonds is 4. The van der Waals surface area contributed by atoms with E-state index >= 15 is 0 Å². The third-order valence-electron chi connectivity index (χ3n) is 4.88. The molecule has 2 heterocycles. The molecule has 29 heavy (non-hydrogen) atoms. The van der Waals surface area contributed by atoms with Gasteiger partial charge < -0.3 is 5.73 Å². The second kappa shape index (κ2) is 7.40. The monoisotopic (exact) mass is 423 g/mol. The van der Waals surface area contributed by atoms with Crippen LogP contribution < -0.4 is 10.6 Å². The number of hydrogen-bond acceptors (Lipinski definition) is 7. The highest BCUT2D eigenvalue weighted by Crippen LogP contribution is 2.46. The molecule has 0 spiro atoms. The van der Waals surface area contributed by atoms with E-state index in [1.54, 1.807) is 24.3 Å². The van der Waals surface area contributed by atoms with E-state index in [0.29, 0.717) is 16.3 Å². The summed E-state index contributed by atoms with van der Waals surface area (Å²) in [5.74, 6) is -0.570. The fraction of sp³-hybridized carbons (Fsp3) is 0.250. The van der Waals surface area contributed by atoms with Crippen molar-refractivity contribution in [2.75, 3.05) is 10.6 Å². The smallest absolute Gasteiger partial charge is 0.247 e. The lowest BCUT2D eigenvalue weighted by molar-refractivity contribution is -0.121. The maximum atomic E-state index is 12.9. The van der Waals surface area contributed by atoms with Crippen LogP contribution in [0.4, 0.5) is 11.5 Å². The van der Waals surface area contributed by atoms with Gasteiger partial charge in [0.2, 0.25) is 11.8 Å². The van der Waals surface area contributed by atoms with E-state index in [1.807, 2.05) is 6.07 Å². The average Bonchev–Trinajstić information content (AvgIpc) is 3.49. The minimum absolute atomic E-state index is 0.0165. The first-order valence-electron chi connectivity index (χ1n) is 8.87. The standard InChI is InChI=1S/C20H14ClN5O2S/c21-11-3-5-12(6-4-11)26-16(27)7-15(20(26)28)29-19-14(9-23)17(10-1-2-10)13(8-22)18(24)25-19/h3-6,10,15H,1-2,7H2,(H2,24,25)/t15-/m0/s1. The van der Waals surface area contributed by atoms with Crippen molar-refractivity contribution in [2.45, 2.75) is 35.5 Å². The molecule has 2 amide bonds. The molecule has 1 aromatic carbocycles. The Morgan fingerprint density at radius 1 is 1.14 bits per heavy atom. The minimum atomic E-state index is -0.725. The van der Waals surface area contributed by atoms with Gasteiger partial charge in [-0.05, 0) is 48.6 Å². The Bertz CT molecular complexity index is 1120.